The predicted molar refractivity (Wildman–Crippen MR) is 106 cm³/mol. The number of para-hydroxylation sites is 1. The molecule has 0 fully saturated rings. The smallest absolute Gasteiger partial charge is 0.128 e. The largest absolute Gasteiger partial charge is 0.508 e. The molecule has 0 saturated heterocycles. The van der Waals surface area contributed by atoms with Gasteiger partial charge in [0.15, 0.2) is 0 Å². The van der Waals surface area contributed by atoms with Crippen LogP contribution in [0.4, 0.5) is 4.39 Å². The number of nitrogens with zero attached hydrogens (tertiary/aromatic N) is 2. The lowest BCUT2D eigenvalue weighted by Gasteiger charge is -2.17. The molecule has 4 aromatic rings. The molecule has 2 N–H and O–H groups in total. The van der Waals surface area contributed by atoms with Crippen molar-refractivity contribution in [1.82, 2.24) is 9.78 Å². The van der Waals surface area contributed by atoms with Gasteiger partial charge in [-0.1, -0.05) is 37.3 Å². The maximum Gasteiger partial charge on any atom is 0.128 e. The van der Waals surface area contributed by atoms with Crippen LogP contribution in [0, 0.1) is 5.82 Å². The molecule has 4 rings (SSSR count). The number of aromatic nitrogens is 2. The molecular formula is C23H19FN2O2. The van der Waals surface area contributed by atoms with Crippen molar-refractivity contribution in [3.8, 4) is 28.4 Å². The Kier molecular flexibility index (Phi) is 4.57. The Bertz CT molecular complexity index is 1110. The van der Waals surface area contributed by atoms with Crippen LogP contribution >= 0.6 is 0 Å². The third-order valence-electron chi connectivity index (χ3n) is 4.90. The first kappa shape index (κ1) is 17.8. The van der Waals surface area contributed by atoms with Crippen molar-refractivity contribution >= 4 is 0 Å². The minimum absolute atomic E-state index is 0.0103. The predicted octanol–water partition coefficient (Wildman–Crippen LogP) is 5.24. The Morgan fingerprint density at radius 2 is 1.61 bits per heavy atom. The molecule has 0 saturated carbocycles. The van der Waals surface area contributed by atoms with Gasteiger partial charge in [0, 0.05) is 23.1 Å². The highest BCUT2D eigenvalue weighted by Gasteiger charge is 2.19. The molecular weight excluding hydrogens is 355 g/mol. The second-order valence-electron chi connectivity index (χ2n) is 6.67. The highest BCUT2D eigenvalue weighted by Crippen LogP contribution is 2.40. The van der Waals surface area contributed by atoms with E-state index in [1.807, 2.05) is 43.3 Å². The SMILES string of the molecule is CC(c1ccc(F)cc1)c1cc(-c2ccnn2-c2ccccc2)c(O)cc1O. The number of hydrogen-bond donors (Lipinski definition) is 2. The van der Waals surface area contributed by atoms with E-state index in [0.717, 1.165) is 11.3 Å². The molecule has 0 amide bonds. The van der Waals surface area contributed by atoms with Crippen LogP contribution in [0.3, 0.4) is 0 Å². The first-order chi connectivity index (χ1) is 13.5. The van der Waals surface area contributed by atoms with Crippen molar-refractivity contribution in [2.75, 3.05) is 0 Å². The lowest BCUT2D eigenvalue weighted by atomic mass is 9.90. The Balaban J connectivity index is 1.81. The van der Waals surface area contributed by atoms with Crippen LogP contribution in [0.25, 0.3) is 16.9 Å². The maximum atomic E-state index is 13.2. The van der Waals surface area contributed by atoms with E-state index in [0.29, 0.717) is 16.8 Å². The summed E-state index contributed by atoms with van der Waals surface area (Å²) in [5.74, 6) is -0.541. The zero-order chi connectivity index (χ0) is 19.7. The average molecular weight is 374 g/mol. The molecule has 4 nitrogen and oxygen atoms in total. The molecule has 1 atom stereocenters. The van der Waals surface area contributed by atoms with Gasteiger partial charge >= 0.3 is 0 Å². The third kappa shape index (κ3) is 3.22. The van der Waals surface area contributed by atoms with Crippen molar-refractivity contribution in [1.29, 1.82) is 0 Å². The van der Waals surface area contributed by atoms with Crippen LogP contribution in [0.1, 0.15) is 24.0 Å². The molecule has 0 bridgehead atoms. The highest BCUT2D eigenvalue weighted by atomic mass is 19.1. The quantitative estimate of drug-likeness (QED) is 0.513. The van der Waals surface area contributed by atoms with Crippen LogP contribution < -0.4 is 0 Å². The number of halogens is 1. The topological polar surface area (TPSA) is 58.3 Å². The van der Waals surface area contributed by atoms with Crippen LogP contribution in [0.15, 0.2) is 79.0 Å². The summed E-state index contributed by atoms with van der Waals surface area (Å²) in [6, 6.07) is 20.7. The summed E-state index contributed by atoms with van der Waals surface area (Å²) in [6.45, 7) is 1.93. The van der Waals surface area contributed by atoms with Crippen molar-refractivity contribution in [2.45, 2.75) is 12.8 Å². The normalized spacial score (nSPS) is 12.1. The number of phenols is 2. The molecule has 3 aromatic carbocycles. The zero-order valence-electron chi connectivity index (χ0n) is 15.2. The first-order valence-corrected chi connectivity index (χ1v) is 8.96. The number of phenolic OH excluding ortho intramolecular Hbond substituents is 2. The Labute approximate surface area is 162 Å². The Hall–Kier alpha value is -3.60. The fourth-order valence-corrected chi connectivity index (χ4v) is 3.36. The summed E-state index contributed by atoms with van der Waals surface area (Å²) in [7, 11) is 0. The van der Waals surface area contributed by atoms with E-state index >= 15 is 0 Å². The standard InChI is InChI=1S/C23H19FN2O2/c1-15(16-7-9-17(24)10-8-16)19-13-20(23(28)14-22(19)27)21-11-12-25-26(21)18-5-3-2-4-6-18/h2-15,27-28H,1H3. The lowest BCUT2D eigenvalue weighted by Crippen LogP contribution is -2.01. The maximum absolute atomic E-state index is 13.2. The minimum Gasteiger partial charge on any atom is -0.508 e. The van der Waals surface area contributed by atoms with E-state index in [9.17, 15) is 14.6 Å². The lowest BCUT2D eigenvalue weighted by molar-refractivity contribution is 0.445. The van der Waals surface area contributed by atoms with Crippen molar-refractivity contribution in [2.24, 2.45) is 0 Å². The van der Waals surface area contributed by atoms with Gasteiger partial charge in [0.05, 0.1) is 17.6 Å². The molecule has 1 unspecified atom stereocenters. The van der Waals surface area contributed by atoms with Gasteiger partial charge in [-0.3, -0.25) is 0 Å². The van der Waals surface area contributed by atoms with E-state index in [-0.39, 0.29) is 23.2 Å². The van der Waals surface area contributed by atoms with Gasteiger partial charge < -0.3 is 10.2 Å². The molecule has 28 heavy (non-hydrogen) atoms. The van der Waals surface area contributed by atoms with Crippen molar-refractivity contribution in [3.63, 3.8) is 0 Å². The van der Waals surface area contributed by atoms with Crippen LogP contribution in [-0.4, -0.2) is 20.0 Å². The fraction of sp³-hybridized carbons (Fsp3) is 0.0870. The molecule has 0 aliphatic rings. The molecule has 0 spiro atoms. The number of hydrogen-bond acceptors (Lipinski definition) is 3. The van der Waals surface area contributed by atoms with Gasteiger partial charge in [0.2, 0.25) is 0 Å². The highest BCUT2D eigenvalue weighted by molar-refractivity contribution is 5.72. The molecule has 5 heteroatoms. The summed E-state index contributed by atoms with van der Waals surface area (Å²) in [5.41, 5.74) is 3.63. The van der Waals surface area contributed by atoms with E-state index in [1.54, 1.807) is 29.1 Å². The van der Waals surface area contributed by atoms with Gasteiger partial charge in [0.25, 0.3) is 0 Å². The zero-order valence-corrected chi connectivity index (χ0v) is 15.2. The van der Waals surface area contributed by atoms with Crippen LogP contribution in [-0.2, 0) is 0 Å². The van der Waals surface area contributed by atoms with Gasteiger partial charge in [-0.25, -0.2) is 9.07 Å². The summed E-state index contributed by atoms with van der Waals surface area (Å²) in [6.07, 6.45) is 1.66. The Morgan fingerprint density at radius 3 is 2.32 bits per heavy atom. The number of rotatable bonds is 4. The van der Waals surface area contributed by atoms with Gasteiger partial charge in [-0.15, -0.1) is 0 Å². The molecule has 1 heterocycles. The van der Waals surface area contributed by atoms with Crippen LogP contribution in [0.2, 0.25) is 0 Å². The van der Waals surface area contributed by atoms with Crippen LogP contribution in [0.5, 0.6) is 11.5 Å². The molecule has 0 radical (unpaired) electrons. The van der Waals surface area contributed by atoms with E-state index in [4.69, 9.17) is 0 Å². The number of aromatic hydroxyl groups is 2. The van der Waals surface area contributed by atoms with Crippen molar-refractivity contribution in [3.05, 3.63) is 95.9 Å². The molecule has 1 aromatic heterocycles. The van der Waals surface area contributed by atoms with E-state index < -0.39 is 0 Å². The monoisotopic (exact) mass is 374 g/mol. The molecule has 0 aliphatic carbocycles. The fourth-order valence-electron chi connectivity index (χ4n) is 3.36. The summed E-state index contributed by atoms with van der Waals surface area (Å²) >= 11 is 0. The molecule has 0 aliphatic heterocycles. The second kappa shape index (κ2) is 7.19. The number of benzene rings is 3. The summed E-state index contributed by atoms with van der Waals surface area (Å²) < 4.78 is 15.0. The average Bonchev–Trinajstić information content (AvgIpc) is 3.18. The van der Waals surface area contributed by atoms with E-state index in [1.165, 1.54) is 18.2 Å². The van der Waals surface area contributed by atoms with Crippen molar-refractivity contribution < 1.29 is 14.6 Å². The summed E-state index contributed by atoms with van der Waals surface area (Å²) in [4.78, 5) is 0. The van der Waals surface area contributed by atoms with Gasteiger partial charge in [0.1, 0.15) is 17.3 Å². The summed E-state index contributed by atoms with van der Waals surface area (Å²) in [5, 5.41) is 25.3. The van der Waals surface area contributed by atoms with E-state index in [2.05, 4.69) is 5.10 Å². The molecule has 140 valence electrons. The van der Waals surface area contributed by atoms with Gasteiger partial charge in [-0.05, 0) is 42.0 Å². The third-order valence-corrected chi connectivity index (χ3v) is 4.90. The minimum atomic E-state index is -0.307. The first-order valence-electron chi connectivity index (χ1n) is 8.96. The Morgan fingerprint density at radius 1 is 0.893 bits per heavy atom. The second-order valence-corrected chi connectivity index (χ2v) is 6.67. The van der Waals surface area contributed by atoms with Gasteiger partial charge in [-0.2, -0.15) is 5.10 Å².